The molecular formula is C24H28N4O4. The van der Waals surface area contributed by atoms with Gasteiger partial charge in [-0.3, -0.25) is 14.4 Å². The number of carbonyl (C=O) groups is 3. The Morgan fingerprint density at radius 3 is 2.50 bits per heavy atom. The van der Waals surface area contributed by atoms with E-state index in [1.54, 1.807) is 17.0 Å². The lowest BCUT2D eigenvalue weighted by Crippen LogP contribution is -2.38. The summed E-state index contributed by atoms with van der Waals surface area (Å²) in [6, 6.07) is 12.5. The summed E-state index contributed by atoms with van der Waals surface area (Å²) in [6.07, 6.45) is 3.47. The smallest absolute Gasteiger partial charge is 0.248 e. The Kier molecular flexibility index (Phi) is 6.58. The van der Waals surface area contributed by atoms with Crippen molar-refractivity contribution in [3.05, 3.63) is 48.0 Å². The number of amides is 3. The SMILES string of the molecule is NC(=O)c1ccc(N2CCCCC2)c(NC(=O)CCC(=O)N2CCOc3ccccc32)c1. The molecular weight excluding hydrogens is 408 g/mol. The van der Waals surface area contributed by atoms with E-state index in [-0.39, 0.29) is 24.7 Å². The predicted molar refractivity (Wildman–Crippen MR) is 123 cm³/mol. The van der Waals surface area contributed by atoms with E-state index in [1.165, 1.54) is 6.42 Å². The van der Waals surface area contributed by atoms with Crippen molar-refractivity contribution in [2.45, 2.75) is 32.1 Å². The van der Waals surface area contributed by atoms with E-state index in [1.807, 2.05) is 30.3 Å². The largest absolute Gasteiger partial charge is 0.490 e. The van der Waals surface area contributed by atoms with Crippen molar-refractivity contribution in [1.82, 2.24) is 0 Å². The number of hydrogen-bond acceptors (Lipinski definition) is 5. The second-order valence-corrected chi connectivity index (χ2v) is 8.05. The van der Waals surface area contributed by atoms with Gasteiger partial charge < -0.3 is 25.6 Å². The van der Waals surface area contributed by atoms with E-state index in [0.29, 0.717) is 30.2 Å². The number of nitrogens with two attached hydrogens (primary N) is 1. The molecule has 2 aliphatic heterocycles. The van der Waals surface area contributed by atoms with Gasteiger partial charge in [-0.1, -0.05) is 12.1 Å². The van der Waals surface area contributed by atoms with E-state index in [0.717, 1.165) is 37.3 Å². The third-order valence-corrected chi connectivity index (χ3v) is 5.85. The van der Waals surface area contributed by atoms with Crippen LogP contribution in [0.15, 0.2) is 42.5 Å². The van der Waals surface area contributed by atoms with E-state index in [2.05, 4.69) is 10.2 Å². The highest BCUT2D eigenvalue weighted by Gasteiger charge is 2.24. The van der Waals surface area contributed by atoms with Crippen LogP contribution in [0.1, 0.15) is 42.5 Å². The molecule has 0 bridgehead atoms. The molecule has 0 atom stereocenters. The summed E-state index contributed by atoms with van der Waals surface area (Å²) in [5.74, 6) is -0.282. The summed E-state index contributed by atoms with van der Waals surface area (Å²) >= 11 is 0. The minimum absolute atomic E-state index is 0.0403. The zero-order valence-electron chi connectivity index (χ0n) is 18.0. The highest BCUT2D eigenvalue weighted by molar-refractivity contribution is 6.02. The average Bonchev–Trinajstić information content (AvgIpc) is 2.82. The van der Waals surface area contributed by atoms with Gasteiger partial charge >= 0.3 is 0 Å². The van der Waals surface area contributed by atoms with Crippen molar-refractivity contribution >= 4 is 34.8 Å². The van der Waals surface area contributed by atoms with Crippen LogP contribution in [0, 0.1) is 0 Å². The molecule has 3 amide bonds. The molecule has 2 heterocycles. The summed E-state index contributed by atoms with van der Waals surface area (Å²) in [5, 5.41) is 2.90. The molecule has 2 aromatic carbocycles. The zero-order chi connectivity index (χ0) is 22.5. The molecule has 8 heteroatoms. The molecule has 0 saturated carbocycles. The molecule has 0 radical (unpaired) electrons. The third-order valence-electron chi connectivity index (χ3n) is 5.85. The number of piperidine rings is 1. The van der Waals surface area contributed by atoms with Gasteiger partial charge in [0.25, 0.3) is 0 Å². The lowest BCUT2D eigenvalue weighted by Gasteiger charge is -2.31. The van der Waals surface area contributed by atoms with Crippen LogP contribution in [0.4, 0.5) is 17.1 Å². The molecule has 0 unspecified atom stereocenters. The van der Waals surface area contributed by atoms with Crippen LogP contribution >= 0.6 is 0 Å². The fourth-order valence-electron chi connectivity index (χ4n) is 4.20. The van der Waals surface area contributed by atoms with E-state index in [4.69, 9.17) is 10.5 Å². The van der Waals surface area contributed by atoms with Crippen molar-refractivity contribution in [1.29, 1.82) is 0 Å². The van der Waals surface area contributed by atoms with Gasteiger partial charge in [-0.15, -0.1) is 0 Å². The summed E-state index contributed by atoms with van der Waals surface area (Å²) < 4.78 is 5.59. The Hall–Kier alpha value is -3.55. The molecule has 8 nitrogen and oxygen atoms in total. The van der Waals surface area contributed by atoms with Crippen molar-refractivity contribution in [3.63, 3.8) is 0 Å². The minimum atomic E-state index is -0.549. The molecule has 0 aromatic heterocycles. The van der Waals surface area contributed by atoms with Gasteiger partial charge in [0.1, 0.15) is 12.4 Å². The standard InChI is InChI=1S/C24H28N4O4/c25-24(31)17-8-9-19(27-12-4-1-5-13-27)18(16-17)26-22(29)10-11-23(30)28-14-15-32-21-7-3-2-6-20(21)28/h2-3,6-9,16H,1,4-5,10-15H2,(H2,25,31)(H,26,29). The first kappa shape index (κ1) is 21.7. The van der Waals surface area contributed by atoms with Gasteiger partial charge in [0.15, 0.2) is 0 Å². The molecule has 2 aromatic rings. The van der Waals surface area contributed by atoms with E-state index >= 15 is 0 Å². The van der Waals surface area contributed by atoms with Crippen molar-refractivity contribution < 1.29 is 19.1 Å². The second-order valence-electron chi connectivity index (χ2n) is 8.05. The van der Waals surface area contributed by atoms with Crippen molar-refractivity contribution in [3.8, 4) is 5.75 Å². The van der Waals surface area contributed by atoms with Gasteiger partial charge in [0, 0.05) is 31.5 Å². The molecule has 3 N–H and O–H groups in total. The maximum atomic E-state index is 12.8. The Labute approximate surface area is 187 Å². The zero-order valence-corrected chi connectivity index (χ0v) is 18.0. The number of fused-ring (bicyclic) bond motifs is 1. The van der Waals surface area contributed by atoms with Gasteiger partial charge in [-0.05, 0) is 49.6 Å². The number of anilines is 3. The predicted octanol–water partition coefficient (Wildman–Crippen LogP) is 2.92. The number of para-hydroxylation sites is 2. The number of hydrogen-bond donors (Lipinski definition) is 2. The van der Waals surface area contributed by atoms with Gasteiger partial charge in [0.05, 0.1) is 23.6 Å². The van der Waals surface area contributed by atoms with Crippen LogP contribution < -0.4 is 25.6 Å². The number of nitrogens with one attached hydrogen (secondary N) is 1. The Morgan fingerprint density at radius 2 is 1.72 bits per heavy atom. The van der Waals surface area contributed by atoms with Gasteiger partial charge in [-0.25, -0.2) is 0 Å². The normalized spacial score (nSPS) is 15.5. The highest BCUT2D eigenvalue weighted by Crippen LogP contribution is 2.32. The lowest BCUT2D eigenvalue weighted by atomic mass is 10.1. The van der Waals surface area contributed by atoms with Crippen LogP contribution in [0.3, 0.4) is 0 Å². The quantitative estimate of drug-likeness (QED) is 0.724. The van der Waals surface area contributed by atoms with Crippen LogP contribution in [0.25, 0.3) is 0 Å². The fourth-order valence-corrected chi connectivity index (χ4v) is 4.20. The number of ether oxygens (including phenoxy) is 1. The maximum absolute atomic E-state index is 12.8. The second kappa shape index (κ2) is 9.72. The van der Waals surface area contributed by atoms with Crippen LogP contribution in [-0.4, -0.2) is 44.0 Å². The first-order valence-electron chi connectivity index (χ1n) is 11.0. The topological polar surface area (TPSA) is 105 Å². The summed E-state index contributed by atoms with van der Waals surface area (Å²) in [6.45, 7) is 2.67. The van der Waals surface area contributed by atoms with Crippen molar-refractivity contribution in [2.24, 2.45) is 5.73 Å². The molecule has 2 aliphatic rings. The van der Waals surface area contributed by atoms with Crippen molar-refractivity contribution in [2.75, 3.05) is 41.4 Å². The monoisotopic (exact) mass is 436 g/mol. The molecule has 168 valence electrons. The Balaban J connectivity index is 1.43. The lowest BCUT2D eigenvalue weighted by molar-refractivity contribution is -0.122. The molecule has 32 heavy (non-hydrogen) atoms. The third kappa shape index (κ3) is 4.85. The number of primary amides is 1. The summed E-state index contributed by atoms with van der Waals surface area (Å²) in [7, 11) is 0. The first-order chi connectivity index (χ1) is 15.5. The van der Waals surface area contributed by atoms with Crippen LogP contribution in [-0.2, 0) is 9.59 Å². The minimum Gasteiger partial charge on any atom is -0.490 e. The maximum Gasteiger partial charge on any atom is 0.248 e. The highest BCUT2D eigenvalue weighted by atomic mass is 16.5. The molecule has 4 rings (SSSR count). The average molecular weight is 437 g/mol. The van der Waals surface area contributed by atoms with Gasteiger partial charge in [0.2, 0.25) is 17.7 Å². The van der Waals surface area contributed by atoms with E-state index < -0.39 is 5.91 Å². The van der Waals surface area contributed by atoms with Gasteiger partial charge in [-0.2, -0.15) is 0 Å². The molecule has 1 fully saturated rings. The number of rotatable bonds is 6. The first-order valence-corrected chi connectivity index (χ1v) is 11.0. The Morgan fingerprint density at radius 1 is 0.938 bits per heavy atom. The number of nitrogens with zero attached hydrogens (tertiary/aromatic N) is 2. The molecule has 1 saturated heterocycles. The van der Waals surface area contributed by atoms with E-state index in [9.17, 15) is 14.4 Å². The number of carbonyl (C=O) groups excluding carboxylic acids is 3. The van der Waals surface area contributed by atoms with Crippen LogP contribution in [0.2, 0.25) is 0 Å². The summed E-state index contributed by atoms with van der Waals surface area (Å²) in [5.41, 5.74) is 7.92. The fraction of sp³-hybridized carbons (Fsp3) is 0.375. The molecule has 0 spiro atoms. The molecule has 0 aliphatic carbocycles. The van der Waals surface area contributed by atoms with Crippen LogP contribution in [0.5, 0.6) is 5.75 Å². The Bertz CT molecular complexity index is 1020. The number of benzene rings is 2. The summed E-state index contributed by atoms with van der Waals surface area (Å²) in [4.78, 5) is 41.0.